The summed E-state index contributed by atoms with van der Waals surface area (Å²) in [6.07, 6.45) is 0. The summed E-state index contributed by atoms with van der Waals surface area (Å²) in [6.45, 7) is 1.98. The van der Waals surface area contributed by atoms with E-state index in [1.807, 2.05) is 43.3 Å². The lowest BCUT2D eigenvalue weighted by molar-refractivity contribution is 0.0697. The van der Waals surface area contributed by atoms with Gasteiger partial charge in [0.1, 0.15) is 0 Å². The average molecular weight is 251 g/mol. The van der Waals surface area contributed by atoms with Gasteiger partial charge in [-0.15, -0.1) is 0 Å². The molecule has 0 radical (unpaired) electrons. The molecule has 19 heavy (non-hydrogen) atoms. The molecule has 0 aliphatic rings. The smallest absolute Gasteiger partial charge is 0.335 e. The van der Waals surface area contributed by atoms with Crippen LogP contribution in [0.15, 0.2) is 48.5 Å². The SMILES string of the molecule is Cc1ccc(C(=O)O)cc1-c1cc2ccccc2[nH]1. The van der Waals surface area contributed by atoms with Crippen LogP contribution < -0.4 is 0 Å². The molecule has 0 unspecified atom stereocenters. The van der Waals surface area contributed by atoms with Crippen LogP contribution in [0.1, 0.15) is 15.9 Å². The first-order valence-corrected chi connectivity index (χ1v) is 6.07. The van der Waals surface area contributed by atoms with E-state index in [1.165, 1.54) is 0 Å². The summed E-state index contributed by atoms with van der Waals surface area (Å²) in [7, 11) is 0. The van der Waals surface area contributed by atoms with E-state index in [1.54, 1.807) is 12.1 Å². The number of fused-ring (bicyclic) bond motifs is 1. The highest BCUT2D eigenvalue weighted by atomic mass is 16.4. The van der Waals surface area contributed by atoms with E-state index in [0.717, 1.165) is 27.7 Å². The molecular weight excluding hydrogens is 238 g/mol. The average Bonchev–Trinajstić information content (AvgIpc) is 2.82. The Bertz CT molecular complexity index is 738. The molecule has 0 aliphatic carbocycles. The number of carboxylic acid groups (broad SMARTS) is 1. The molecule has 3 aromatic rings. The Morgan fingerprint density at radius 1 is 1.11 bits per heavy atom. The summed E-state index contributed by atoms with van der Waals surface area (Å²) >= 11 is 0. The van der Waals surface area contributed by atoms with E-state index >= 15 is 0 Å². The maximum Gasteiger partial charge on any atom is 0.335 e. The van der Waals surface area contributed by atoms with E-state index in [4.69, 9.17) is 5.11 Å². The Balaban J connectivity index is 2.20. The molecule has 0 aliphatic heterocycles. The van der Waals surface area contributed by atoms with E-state index in [0.29, 0.717) is 5.56 Å². The quantitative estimate of drug-likeness (QED) is 0.727. The predicted molar refractivity (Wildman–Crippen MR) is 75.4 cm³/mol. The van der Waals surface area contributed by atoms with Crippen molar-refractivity contribution < 1.29 is 9.90 Å². The number of H-pyrrole nitrogens is 1. The fraction of sp³-hybridized carbons (Fsp3) is 0.0625. The maximum absolute atomic E-state index is 11.1. The van der Waals surface area contributed by atoms with Crippen molar-refractivity contribution in [3.63, 3.8) is 0 Å². The number of para-hydroxylation sites is 1. The van der Waals surface area contributed by atoms with Gasteiger partial charge in [-0.1, -0.05) is 24.3 Å². The third-order valence-corrected chi connectivity index (χ3v) is 3.30. The highest BCUT2D eigenvalue weighted by molar-refractivity contribution is 5.91. The standard InChI is InChI=1S/C16H13NO2/c1-10-6-7-12(16(18)19)8-13(10)15-9-11-4-2-3-5-14(11)17-15/h2-9,17H,1H3,(H,18,19). The molecule has 0 bridgehead atoms. The number of aromatic nitrogens is 1. The zero-order valence-corrected chi connectivity index (χ0v) is 10.5. The van der Waals surface area contributed by atoms with Gasteiger partial charge in [-0.3, -0.25) is 0 Å². The molecule has 94 valence electrons. The van der Waals surface area contributed by atoms with Gasteiger partial charge >= 0.3 is 5.97 Å². The van der Waals surface area contributed by atoms with E-state index in [9.17, 15) is 4.79 Å². The summed E-state index contributed by atoms with van der Waals surface area (Å²) in [5, 5.41) is 10.2. The van der Waals surface area contributed by atoms with Crippen molar-refractivity contribution in [1.29, 1.82) is 0 Å². The largest absolute Gasteiger partial charge is 0.478 e. The Kier molecular flexibility index (Phi) is 2.60. The lowest BCUT2D eigenvalue weighted by Gasteiger charge is -2.05. The maximum atomic E-state index is 11.1. The van der Waals surface area contributed by atoms with Gasteiger partial charge in [-0.25, -0.2) is 4.79 Å². The molecular formula is C16H13NO2. The first-order chi connectivity index (χ1) is 9.15. The van der Waals surface area contributed by atoms with Crippen molar-refractivity contribution in [2.75, 3.05) is 0 Å². The number of carboxylic acids is 1. The van der Waals surface area contributed by atoms with Crippen LogP contribution in [0.25, 0.3) is 22.2 Å². The minimum absolute atomic E-state index is 0.305. The minimum Gasteiger partial charge on any atom is -0.478 e. The van der Waals surface area contributed by atoms with Crippen molar-refractivity contribution in [1.82, 2.24) is 4.98 Å². The van der Waals surface area contributed by atoms with Gasteiger partial charge in [-0.2, -0.15) is 0 Å². The lowest BCUT2D eigenvalue weighted by Crippen LogP contribution is -1.97. The second kappa shape index (κ2) is 4.28. The summed E-state index contributed by atoms with van der Waals surface area (Å²) in [5.41, 5.74) is 4.28. The lowest BCUT2D eigenvalue weighted by atomic mass is 10.0. The van der Waals surface area contributed by atoms with Crippen molar-refractivity contribution in [2.24, 2.45) is 0 Å². The van der Waals surface area contributed by atoms with Crippen LogP contribution in [-0.2, 0) is 0 Å². The molecule has 2 N–H and O–H groups in total. The van der Waals surface area contributed by atoms with Crippen LogP contribution in [-0.4, -0.2) is 16.1 Å². The number of aryl methyl sites for hydroxylation is 1. The molecule has 0 saturated heterocycles. The number of benzene rings is 2. The molecule has 2 aromatic carbocycles. The van der Waals surface area contributed by atoms with Crippen LogP contribution in [0.2, 0.25) is 0 Å². The van der Waals surface area contributed by atoms with Crippen LogP contribution in [0.3, 0.4) is 0 Å². The van der Waals surface area contributed by atoms with Gasteiger partial charge in [-0.05, 0) is 36.8 Å². The number of hydrogen-bond acceptors (Lipinski definition) is 1. The van der Waals surface area contributed by atoms with Gasteiger partial charge in [0, 0.05) is 22.2 Å². The number of carbonyl (C=O) groups is 1. The van der Waals surface area contributed by atoms with Crippen LogP contribution >= 0.6 is 0 Å². The normalized spacial score (nSPS) is 10.8. The van der Waals surface area contributed by atoms with Crippen molar-refractivity contribution in [2.45, 2.75) is 6.92 Å². The first kappa shape index (κ1) is 11.5. The molecule has 1 aromatic heterocycles. The van der Waals surface area contributed by atoms with E-state index in [-0.39, 0.29) is 0 Å². The van der Waals surface area contributed by atoms with Crippen LogP contribution in [0, 0.1) is 6.92 Å². The Morgan fingerprint density at radius 2 is 1.89 bits per heavy atom. The Labute approximate surface area is 110 Å². The second-order valence-electron chi connectivity index (χ2n) is 4.61. The van der Waals surface area contributed by atoms with E-state index < -0.39 is 5.97 Å². The fourth-order valence-electron chi connectivity index (χ4n) is 2.26. The van der Waals surface area contributed by atoms with Crippen molar-refractivity contribution in [3.8, 4) is 11.3 Å². The summed E-state index contributed by atoms with van der Waals surface area (Å²) in [6, 6.07) is 15.2. The van der Waals surface area contributed by atoms with Gasteiger partial charge in [0.05, 0.1) is 5.56 Å². The molecule has 3 heteroatoms. The van der Waals surface area contributed by atoms with Crippen LogP contribution in [0.5, 0.6) is 0 Å². The van der Waals surface area contributed by atoms with Crippen molar-refractivity contribution >= 4 is 16.9 Å². The molecule has 0 fully saturated rings. The minimum atomic E-state index is -0.905. The molecule has 1 heterocycles. The summed E-state index contributed by atoms with van der Waals surface area (Å²) in [5.74, 6) is -0.905. The number of aromatic amines is 1. The number of hydrogen-bond donors (Lipinski definition) is 2. The van der Waals surface area contributed by atoms with Crippen molar-refractivity contribution in [3.05, 3.63) is 59.7 Å². The fourth-order valence-corrected chi connectivity index (χ4v) is 2.26. The highest BCUT2D eigenvalue weighted by Crippen LogP contribution is 2.27. The molecule has 3 nitrogen and oxygen atoms in total. The zero-order chi connectivity index (χ0) is 13.4. The Hall–Kier alpha value is -2.55. The van der Waals surface area contributed by atoms with Gasteiger partial charge < -0.3 is 10.1 Å². The molecule has 3 rings (SSSR count). The molecule has 0 saturated carbocycles. The predicted octanol–water partition coefficient (Wildman–Crippen LogP) is 3.84. The zero-order valence-electron chi connectivity index (χ0n) is 10.5. The topological polar surface area (TPSA) is 53.1 Å². The van der Waals surface area contributed by atoms with E-state index in [2.05, 4.69) is 4.98 Å². The van der Waals surface area contributed by atoms with Gasteiger partial charge in [0.15, 0.2) is 0 Å². The van der Waals surface area contributed by atoms with Gasteiger partial charge in [0.2, 0.25) is 0 Å². The molecule has 0 amide bonds. The first-order valence-electron chi connectivity index (χ1n) is 6.07. The third-order valence-electron chi connectivity index (χ3n) is 3.30. The second-order valence-corrected chi connectivity index (χ2v) is 4.61. The number of nitrogens with one attached hydrogen (secondary N) is 1. The molecule has 0 spiro atoms. The van der Waals surface area contributed by atoms with Crippen LogP contribution in [0.4, 0.5) is 0 Å². The van der Waals surface area contributed by atoms with Gasteiger partial charge in [0.25, 0.3) is 0 Å². The number of rotatable bonds is 2. The summed E-state index contributed by atoms with van der Waals surface area (Å²) < 4.78 is 0. The molecule has 0 atom stereocenters. The number of aromatic carboxylic acids is 1. The Morgan fingerprint density at radius 3 is 2.63 bits per heavy atom. The third kappa shape index (κ3) is 1.99. The highest BCUT2D eigenvalue weighted by Gasteiger charge is 2.09. The summed E-state index contributed by atoms with van der Waals surface area (Å²) in [4.78, 5) is 14.4. The monoisotopic (exact) mass is 251 g/mol.